The van der Waals surface area contributed by atoms with Crippen LogP contribution in [0, 0.1) is 0 Å². The summed E-state index contributed by atoms with van der Waals surface area (Å²) in [5.41, 5.74) is 7.95. The van der Waals surface area contributed by atoms with Gasteiger partial charge in [0.05, 0.1) is 5.02 Å². The van der Waals surface area contributed by atoms with Gasteiger partial charge in [-0.2, -0.15) is 11.3 Å². The zero-order chi connectivity index (χ0) is 12.3. The van der Waals surface area contributed by atoms with Gasteiger partial charge in [0.1, 0.15) is 12.4 Å². The summed E-state index contributed by atoms with van der Waals surface area (Å²) in [7, 11) is 0. The van der Waals surface area contributed by atoms with E-state index in [2.05, 4.69) is 5.38 Å². The Morgan fingerprint density at radius 2 is 2.24 bits per heavy atom. The molecule has 0 saturated heterocycles. The molecule has 4 heteroatoms. The van der Waals surface area contributed by atoms with Crippen molar-refractivity contribution in [2.45, 2.75) is 19.6 Å². The second-order valence-corrected chi connectivity index (χ2v) is 5.09. The summed E-state index contributed by atoms with van der Waals surface area (Å²) in [6.45, 7) is 2.47. The number of hydrogen-bond donors (Lipinski definition) is 1. The third-order valence-electron chi connectivity index (χ3n) is 2.46. The van der Waals surface area contributed by atoms with Crippen LogP contribution in [0.2, 0.25) is 5.02 Å². The van der Waals surface area contributed by atoms with Crippen LogP contribution in [0.15, 0.2) is 35.0 Å². The molecule has 2 N–H and O–H groups in total. The first-order chi connectivity index (χ1) is 8.16. The van der Waals surface area contributed by atoms with E-state index >= 15 is 0 Å². The SMILES string of the molecule is CC(N)c1ccc(OCc2ccsc2)c(Cl)c1. The Morgan fingerprint density at radius 1 is 1.41 bits per heavy atom. The van der Waals surface area contributed by atoms with Crippen LogP contribution in [0.5, 0.6) is 5.75 Å². The highest BCUT2D eigenvalue weighted by Crippen LogP contribution is 2.28. The van der Waals surface area contributed by atoms with Crippen molar-refractivity contribution in [2.75, 3.05) is 0 Å². The van der Waals surface area contributed by atoms with Gasteiger partial charge in [0.15, 0.2) is 0 Å². The van der Waals surface area contributed by atoms with Gasteiger partial charge in [-0.1, -0.05) is 17.7 Å². The third kappa shape index (κ3) is 3.22. The molecule has 0 aliphatic heterocycles. The molecule has 17 heavy (non-hydrogen) atoms. The van der Waals surface area contributed by atoms with Gasteiger partial charge in [-0.05, 0) is 47.0 Å². The summed E-state index contributed by atoms with van der Waals surface area (Å²) in [6.07, 6.45) is 0. The number of halogens is 1. The van der Waals surface area contributed by atoms with Crippen molar-refractivity contribution < 1.29 is 4.74 Å². The number of ether oxygens (including phenoxy) is 1. The van der Waals surface area contributed by atoms with Gasteiger partial charge in [-0.15, -0.1) is 0 Å². The van der Waals surface area contributed by atoms with E-state index in [-0.39, 0.29) is 6.04 Å². The molecular weight excluding hydrogens is 254 g/mol. The summed E-state index contributed by atoms with van der Waals surface area (Å²) >= 11 is 7.79. The molecule has 1 heterocycles. The zero-order valence-electron chi connectivity index (χ0n) is 9.52. The van der Waals surface area contributed by atoms with Crippen LogP contribution < -0.4 is 10.5 Å². The average Bonchev–Trinajstić information content (AvgIpc) is 2.80. The van der Waals surface area contributed by atoms with Gasteiger partial charge in [0.25, 0.3) is 0 Å². The molecule has 2 rings (SSSR count). The Labute approximate surface area is 110 Å². The van der Waals surface area contributed by atoms with Gasteiger partial charge in [-0.3, -0.25) is 0 Å². The highest BCUT2D eigenvalue weighted by Gasteiger charge is 2.06. The van der Waals surface area contributed by atoms with Crippen molar-refractivity contribution in [1.82, 2.24) is 0 Å². The van der Waals surface area contributed by atoms with Crippen LogP contribution in [0.1, 0.15) is 24.1 Å². The minimum Gasteiger partial charge on any atom is -0.487 e. The van der Waals surface area contributed by atoms with E-state index < -0.39 is 0 Å². The van der Waals surface area contributed by atoms with Crippen molar-refractivity contribution in [1.29, 1.82) is 0 Å². The lowest BCUT2D eigenvalue weighted by Crippen LogP contribution is -2.05. The monoisotopic (exact) mass is 267 g/mol. The van der Waals surface area contributed by atoms with Crippen LogP contribution in [0.3, 0.4) is 0 Å². The molecule has 1 atom stereocenters. The summed E-state index contributed by atoms with van der Waals surface area (Å²) in [5, 5.41) is 4.69. The molecule has 0 amide bonds. The molecule has 90 valence electrons. The van der Waals surface area contributed by atoms with E-state index in [1.54, 1.807) is 11.3 Å². The maximum atomic E-state index is 6.14. The summed E-state index contributed by atoms with van der Waals surface area (Å²) in [4.78, 5) is 0. The van der Waals surface area contributed by atoms with Gasteiger partial charge < -0.3 is 10.5 Å². The average molecular weight is 268 g/mol. The standard InChI is InChI=1S/C13H14ClNOS/c1-9(15)11-2-3-13(12(14)6-11)16-7-10-4-5-17-8-10/h2-6,8-9H,7,15H2,1H3. The van der Waals surface area contributed by atoms with Crippen LogP contribution in [0.4, 0.5) is 0 Å². The van der Waals surface area contributed by atoms with E-state index in [9.17, 15) is 0 Å². The minimum atomic E-state index is -0.0153. The fourth-order valence-electron chi connectivity index (χ4n) is 1.45. The van der Waals surface area contributed by atoms with Gasteiger partial charge in [-0.25, -0.2) is 0 Å². The first-order valence-corrected chi connectivity index (χ1v) is 6.68. The molecule has 1 aromatic carbocycles. The largest absolute Gasteiger partial charge is 0.487 e. The molecule has 0 spiro atoms. The summed E-state index contributed by atoms with van der Waals surface area (Å²) < 4.78 is 5.65. The summed E-state index contributed by atoms with van der Waals surface area (Å²) in [5.74, 6) is 0.697. The van der Waals surface area contributed by atoms with E-state index in [0.717, 1.165) is 11.1 Å². The van der Waals surface area contributed by atoms with Crippen molar-refractivity contribution in [3.05, 3.63) is 51.2 Å². The lowest BCUT2D eigenvalue weighted by atomic mass is 10.1. The lowest BCUT2D eigenvalue weighted by Gasteiger charge is -2.10. The maximum Gasteiger partial charge on any atom is 0.138 e. The molecule has 0 saturated carbocycles. The van der Waals surface area contributed by atoms with Crippen molar-refractivity contribution >= 4 is 22.9 Å². The van der Waals surface area contributed by atoms with Gasteiger partial charge in [0.2, 0.25) is 0 Å². The molecule has 0 fully saturated rings. The molecule has 1 unspecified atom stereocenters. The third-order valence-corrected chi connectivity index (χ3v) is 3.48. The normalized spacial score (nSPS) is 12.4. The van der Waals surface area contributed by atoms with E-state index in [0.29, 0.717) is 17.4 Å². The smallest absolute Gasteiger partial charge is 0.138 e. The van der Waals surface area contributed by atoms with Crippen LogP contribution in [-0.4, -0.2) is 0 Å². The predicted molar refractivity (Wildman–Crippen MR) is 72.7 cm³/mol. The number of rotatable bonds is 4. The highest BCUT2D eigenvalue weighted by molar-refractivity contribution is 7.07. The Kier molecular flexibility index (Phi) is 4.05. The van der Waals surface area contributed by atoms with Crippen molar-refractivity contribution in [2.24, 2.45) is 5.73 Å². The molecule has 2 nitrogen and oxygen atoms in total. The fraction of sp³-hybridized carbons (Fsp3) is 0.231. The first kappa shape index (κ1) is 12.4. The Balaban J connectivity index is 2.06. The van der Waals surface area contributed by atoms with Crippen LogP contribution in [-0.2, 0) is 6.61 Å². The minimum absolute atomic E-state index is 0.0153. The molecular formula is C13H14ClNOS. The van der Waals surface area contributed by atoms with E-state index in [1.807, 2.05) is 36.6 Å². The molecule has 0 radical (unpaired) electrons. The van der Waals surface area contributed by atoms with E-state index in [1.165, 1.54) is 0 Å². The Morgan fingerprint density at radius 3 is 2.82 bits per heavy atom. The predicted octanol–water partition coefficient (Wildman–Crippen LogP) is 4.00. The Bertz CT molecular complexity index is 482. The fourth-order valence-corrected chi connectivity index (χ4v) is 2.35. The Hall–Kier alpha value is -1.03. The molecule has 0 bridgehead atoms. The summed E-state index contributed by atoms with van der Waals surface area (Å²) in [6, 6.07) is 7.69. The van der Waals surface area contributed by atoms with Gasteiger partial charge in [0, 0.05) is 6.04 Å². The zero-order valence-corrected chi connectivity index (χ0v) is 11.1. The second kappa shape index (κ2) is 5.54. The first-order valence-electron chi connectivity index (χ1n) is 5.35. The highest BCUT2D eigenvalue weighted by atomic mass is 35.5. The molecule has 0 aliphatic rings. The van der Waals surface area contributed by atoms with Crippen molar-refractivity contribution in [3.8, 4) is 5.75 Å². The second-order valence-electron chi connectivity index (χ2n) is 3.90. The molecule has 0 aliphatic carbocycles. The number of thiophene rings is 1. The number of benzene rings is 1. The lowest BCUT2D eigenvalue weighted by molar-refractivity contribution is 0.307. The maximum absolute atomic E-state index is 6.14. The quantitative estimate of drug-likeness (QED) is 0.909. The number of hydrogen-bond acceptors (Lipinski definition) is 3. The van der Waals surface area contributed by atoms with E-state index in [4.69, 9.17) is 22.1 Å². The van der Waals surface area contributed by atoms with Gasteiger partial charge >= 0.3 is 0 Å². The van der Waals surface area contributed by atoms with Crippen LogP contribution >= 0.6 is 22.9 Å². The number of nitrogens with two attached hydrogens (primary N) is 1. The molecule has 2 aromatic rings. The topological polar surface area (TPSA) is 35.2 Å². The molecule has 1 aromatic heterocycles. The van der Waals surface area contributed by atoms with Crippen LogP contribution in [0.25, 0.3) is 0 Å². The van der Waals surface area contributed by atoms with Crippen molar-refractivity contribution in [3.63, 3.8) is 0 Å².